The maximum Gasteiger partial charge on any atom is 0.223 e. The van der Waals surface area contributed by atoms with Gasteiger partial charge < -0.3 is 10.2 Å². The van der Waals surface area contributed by atoms with Gasteiger partial charge in [0.05, 0.1) is 0 Å². The number of likely N-dealkylation sites (tertiary alicyclic amines) is 1. The number of carbonyl (C=O) groups is 1. The SMILES string of the molecule is O=C(C[C@H]1C=CCC1)N1CCC(c2cccc(Nc3ccccn3)n2)CC1. The Morgan fingerprint density at radius 2 is 1.93 bits per heavy atom. The summed E-state index contributed by atoms with van der Waals surface area (Å²) in [6, 6.07) is 11.9. The van der Waals surface area contributed by atoms with Crippen molar-refractivity contribution in [3.05, 3.63) is 60.4 Å². The topological polar surface area (TPSA) is 58.1 Å². The normalized spacial score (nSPS) is 20.0. The van der Waals surface area contributed by atoms with Gasteiger partial charge in [-0.1, -0.05) is 24.3 Å². The molecule has 1 amide bonds. The van der Waals surface area contributed by atoms with Crippen LogP contribution in [0.4, 0.5) is 11.6 Å². The monoisotopic (exact) mass is 362 g/mol. The summed E-state index contributed by atoms with van der Waals surface area (Å²) in [5.74, 6) is 2.78. The van der Waals surface area contributed by atoms with Crippen LogP contribution in [-0.2, 0) is 4.79 Å². The molecule has 0 bridgehead atoms. The summed E-state index contributed by atoms with van der Waals surface area (Å²) in [5, 5.41) is 3.26. The van der Waals surface area contributed by atoms with Gasteiger partial charge in [-0.2, -0.15) is 0 Å². The lowest BCUT2D eigenvalue weighted by Crippen LogP contribution is -2.38. The van der Waals surface area contributed by atoms with Gasteiger partial charge in [-0.15, -0.1) is 0 Å². The fraction of sp³-hybridized carbons (Fsp3) is 0.409. The van der Waals surface area contributed by atoms with Crippen LogP contribution in [0.2, 0.25) is 0 Å². The van der Waals surface area contributed by atoms with E-state index in [9.17, 15) is 4.79 Å². The van der Waals surface area contributed by atoms with Crippen molar-refractivity contribution in [2.45, 2.75) is 38.0 Å². The summed E-state index contributed by atoms with van der Waals surface area (Å²) in [7, 11) is 0. The zero-order valence-corrected chi connectivity index (χ0v) is 15.6. The Morgan fingerprint density at radius 3 is 2.67 bits per heavy atom. The minimum absolute atomic E-state index is 0.309. The van der Waals surface area contributed by atoms with Gasteiger partial charge in [-0.25, -0.2) is 9.97 Å². The molecule has 2 aromatic heterocycles. The Bertz CT molecular complexity index is 797. The molecule has 1 fully saturated rings. The summed E-state index contributed by atoms with van der Waals surface area (Å²) < 4.78 is 0. The largest absolute Gasteiger partial charge is 0.343 e. The Labute approximate surface area is 160 Å². The van der Waals surface area contributed by atoms with Crippen molar-refractivity contribution in [3.8, 4) is 0 Å². The lowest BCUT2D eigenvalue weighted by molar-refractivity contribution is -0.132. The van der Waals surface area contributed by atoms with Crippen molar-refractivity contribution in [3.63, 3.8) is 0 Å². The minimum Gasteiger partial charge on any atom is -0.343 e. The maximum absolute atomic E-state index is 12.5. The number of piperidine rings is 1. The molecule has 4 rings (SSSR count). The molecule has 1 aliphatic carbocycles. The average Bonchev–Trinajstić information content (AvgIpc) is 3.22. The molecule has 1 N–H and O–H groups in total. The number of pyridine rings is 2. The number of hydrogen-bond acceptors (Lipinski definition) is 4. The highest BCUT2D eigenvalue weighted by atomic mass is 16.2. The van der Waals surface area contributed by atoms with Gasteiger partial charge in [0, 0.05) is 37.3 Å². The highest BCUT2D eigenvalue weighted by Gasteiger charge is 2.26. The average molecular weight is 362 g/mol. The van der Waals surface area contributed by atoms with Gasteiger partial charge in [0.2, 0.25) is 5.91 Å². The van der Waals surface area contributed by atoms with Crippen molar-refractivity contribution in [1.82, 2.24) is 14.9 Å². The molecule has 0 radical (unpaired) electrons. The van der Waals surface area contributed by atoms with Gasteiger partial charge in [0.25, 0.3) is 0 Å². The number of rotatable bonds is 5. The second-order valence-electron chi connectivity index (χ2n) is 7.41. The molecular formula is C22H26N4O. The first kappa shape index (κ1) is 17.7. The third-order valence-corrected chi connectivity index (χ3v) is 5.51. The van der Waals surface area contributed by atoms with Crippen LogP contribution in [0.15, 0.2) is 54.7 Å². The Balaban J connectivity index is 1.33. The highest BCUT2D eigenvalue weighted by molar-refractivity contribution is 5.76. The Kier molecular flexibility index (Phi) is 5.47. The van der Waals surface area contributed by atoms with Gasteiger partial charge in [0.15, 0.2) is 0 Å². The fourth-order valence-corrected chi connectivity index (χ4v) is 3.96. The summed E-state index contributed by atoms with van der Waals surface area (Å²) in [6.07, 6.45) is 11.0. The number of carbonyl (C=O) groups excluding carboxylic acids is 1. The van der Waals surface area contributed by atoms with Crippen molar-refractivity contribution in [2.24, 2.45) is 5.92 Å². The van der Waals surface area contributed by atoms with Crippen LogP contribution >= 0.6 is 0 Å². The van der Waals surface area contributed by atoms with Gasteiger partial charge in [-0.05, 0) is 55.9 Å². The molecule has 5 nitrogen and oxygen atoms in total. The first-order valence-corrected chi connectivity index (χ1v) is 9.87. The van der Waals surface area contributed by atoms with Crippen LogP contribution in [0.3, 0.4) is 0 Å². The van der Waals surface area contributed by atoms with Crippen molar-refractivity contribution >= 4 is 17.5 Å². The van der Waals surface area contributed by atoms with Crippen LogP contribution in [0, 0.1) is 5.92 Å². The van der Waals surface area contributed by atoms with Crippen LogP contribution in [0.1, 0.15) is 43.7 Å². The number of anilines is 2. The number of nitrogens with one attached hydrogen (secondary N) is 1. The molecule has 1 atom stereocenters. The Hall–Kier alpha value is -2.69. The number of aromatic nitrogens is 2. The molecule has 2 aliphatic rings. The van der Waals surface area contributed by atoms with Crippen LogP contribution in [0.25, 0.3) is 0 Å². The molecule has 1 aliphatic heterocycles. The number of allylic oxidation sites excluding steroid dienone is 2. The molecule has 1 saturated heterocycles. The quantitative estimate of drug-likeness (QED) is 0.807. The zero-order valence-electron chi connectivity index (χ0n) is 15.6. The summed E-state index contributed by atoms with van der Waals surface area (Å²) in [4.78, 5) is 23.6. The van der Waals surface area contributed by atoms with Gasteiger partial charge in [0.1, 0.15) is 11.6 Å². The molecule has 2 aromatic rings. The molecule has 0 saturated carbocycles. The molecule has 0 aromatic carbocycles. The van der Waals surface area contributed by atoms with Gasteiger partial charge in [-0.3, -0.25) is 4.79 Å². The molecular weight excluding hydrogens is 336 g/mol. The van der Waals surface area contributed by atoms with E-state index < -0.39 is 0 Å². The lowest BCUT2D eigenvalue weighted by Gasteiger charge is -2.32. The molecule has 140 valence electrons. The van der Waals surface area contributed by atoms with Crippen LogP contribution in [0.5, 0.6) is 0 Å². The fourth-order valence-electron chi connectivity index (χ4n) is 3.96. The predicted octanol–water partition coefficient (Wildman–Crippen LogP) is 4.28. The van der Waals surface area contributed by atoms with E-state index in [0.717, 1.165) is 56.1 Å². The van der Waals surface area contributed by atoms with E-state index in [2.05, 4.69) is 28.5 Å². The van der Waals surface area contributed by atoms with E-state index in [1.165, 1.54) is 0 Å². The van der Waals surface area contributed by atoms with E-state index in [1.54, 1.807) is 6.20 Å². The number of amides is 1. The molecule has 0 spiro atoms. The standard InChI is InChI=1S/C22H26N4O/c27-22(16-17-6-1-2-7-17)26-14-11-18(12-15-26)19-8-5-10-21(24-19)25-20-9-3-4-13-23-20/h1,3-6,8-10,13,17-18H,2,7,11-12,14-16H2,(H,23,24,25)/t17-/m0/s1. The summed E-state index contributed by atoms with van der Waals surface area (Å²) >= 11 is 0. The van der Waals surface area contributed by atoms with E-state index in [0.29, 0.717) is 24.2 Å². The van der Waals surface area contributed by atoms with E-state index in [1.807, 2.05) is 35.2 Å². The van der Waals surface area contributed by atoms with E-state index >= 15 is 0 Å². The zero-order chi connectivity index (χ0) is 18.5. The third-order valence-electron chi connectivity index (χ3n) is 5.51. The second kappa shape index (κ2) is 8.33. The smallest absolute Gasteiger partial charge is 0.223 e. The summed E-state index contributed by atoms with van der Waals surface area (Å²) in [6.45, 7) is 1.67. The second-order valence-corrected chi connectivity index (χ2v) is 7.41. The molecule has 27 heavy (non-hydrogen) atoms. The van der Waals surface area contributed by atoms with Crippen molar-refractivity contribution < 1.29 is 4.79 Å². The van der Waals surface area contributed by atoms with Crippen LogP contribution < -0.4 is 5.32 Å². The Morgan fingerprint density at radius 1 is 1.07 bits per heavy atom. The highest BCUT2D eigenvalue weighted by Crippen LogP contribution is 2.29. The number of hydrogen-bond donors (Lipinski definition) is 1. The minimum atomic E-state index is 0.309. The molecule has 0 unspecified atom stereocenters. The number of nitrogens with zero attached hydrogens (tertiary/aromatic N) is 3. The van der Waals surface area contributed by atoms with Gasteiger partial charge >= 0.3 is 0 Å². The predicted molar refractivity (Wildman–Crippen MR) is 107 cm³/mol. The maximum atomic E-state index is 12.5. The van der Waals surface area contributed by atoms with E-state index in [-0.39, 0.29) is 0 Å². The third kappa shape index (κ3) is 4.54. The first-order valence-electron chi connectivity index (χ1n) is 9.87. The van der Waals surface area contributed by atoms with Crippen LogP contribution in [-0.4, -0.2) is 33.9 Å². The lowest BCUT2D eigenvalue weighted by atomic mass is 9.92. The molecule has 5 heteroatoms. The summed E-state index contributed by atoms with van der Waals surface area (Å²) in [5.41, 5.74) is 1.10. The first-order chi connectivity index (χ1) is 13.3. The van der Waals surface area contributed by atoms with Crippen molar-refractivity contribution in [1.29, 1.82) is 0 Å². The molecule has 3 heterocycles. The van der Waals surface area contributed by atoms with Crippen molar-refractivity contribution in [2.75, 3.05) is 18.4 Å². The van der Waals surface area contributed by atoms with E-state index in [4.69, 9.17) is 4.98 Å².